The molecule has 2 N–H and O–H groups in total. The summed E-state index contributed by atoms with van der Waals surface area (Å²) in [5.41, 5.74) is 1.05. The molecule has 2 aromatic carbocycles. The standard InChI is InChI=1S/C17H18N2O3/c20-11-10-18-17-12-16(22-19-17)13-6-8-15(9-7-13)21-14-4-2-1-3-5-14/h1-9,16,20H,10-12H2,(H,18,19)/t16-/m0/s1. The van der Waals surface area contributed by atoms with Crippen molar-refractivity contribution in [1.82, 2.24) is 5.32 Å². The SMILES string of the molecule is OCCNC1=NO[C@H](c2ccc(Oc3ccccc3)cc2)C1. The molecule has 0 saturated carbocycles. The van der Waals surface area contributed by atoms with Crippen molar-refractivity contribution in [2.24, 2.45) is 5.16 Å². The molecular formula is C17H18N2O3. The Labute approximate surface area is 129 Å². The van der Waals surface area contributed by atoms with E-state index < -0.39 is 0 Å². The van der Waals surface area contributed by atoms with E-state index in [9.17, 15) is 0 Å². The molecule has 0 aliphatic carbocycles. The predicted molar refractivity (Wildman–Crippen MR) is 83.9 cm³/mol. The zero-order valence-corrected chi connectivity index (χ0v) is 12.1. The first kappa shape index (κ1) is 14.4. The molecule has 0 spiro atoms. The monoisotopic (exact) mass is 298 g/mol. The quantitative estimate of drug-likeness (QED) is 0.891. The van der Waals surface area contributed by atoms with Crippen LogP contribution in [-0.4, -0.2) is 24.1 Å². The molecule has 0 fully saturated rings. The largest absolute Gasteiger partial charge is 0.457 e. The van der Waals surface area contributed by atoms with Crippen LogP contribution in [0.25, 0.3) is 0 Å². The van der Waals surface area contributed by atoms with Crippen LogP contribution in [0.1, 0.15) is 18.1 Å². The fraction of sp³-hybridized carbons (Fsp3) is 0.235. The summed E-state index contributed by atoms with van der Waals surface area (Å²) in [5.74, 6) is 2.36. The molecule has 1 aliphatic heterocycles. The number of rotatable bonds is 5. The third-order valence-corrected chi connectivity index (χ3v) is 3.34. The molecule has 2 aromatic rings. The van der Waals surface area contributed by atoms with Gasteiger partial charge in [0.15, 0.2) is 6.10 Å². The van der Waals surface area contributed by atoms with Crippen LogP contribution in [0, 0.1) is 0 Å². The number of hydrogen-bond donors (Lipinski definition) is 2. The van der Waals surface area contributed by atoms with Gasteiger partial charge in [-0.25, -0.2) is 0 Å². The van der Waals surface area contributed by atoms with E-state index in [1.54, 1.807) is 0 Å². The van der Waals surface area contributed by atoms with E-state index in [-0.39, 0.29) is 12.7 Å². The lowest BCUT2D eigenvalue weighted by atomic mass is 10.1. The maximum Gasteiger partial charge on any atom is 0.159 e. The minimum absolute atomic E-state index is 0.0786. The average Bonchev–Trinajstić information content (AvgIpc) is 3.03. The second-order valence-electron chi connectivity index (χ2n) is 4.97. The van der Waals surface area contributed by atoms with Gasteiger partial charge in [-0.1, -0.05) is 35.5 Å². The number of hydrogen-bond acceptors (Lipinski definition) is 5. The van der Waals surface area contributed by atoms with Gasteiger partial charge in [-0.2, -0.15) is 0 Å². The van der Waals surface area contributed by atoms with E-state index in [1.807, 2.05) is 54.6 Å². The van der Waals surface area contributed by atoms with E-state index >= 15 is 0 Å². The van der Waals surface area contributed by atoms with Crippen molar-refractivity contribution < 1.29 is 14.7 Å². The highest BCUT2D eigenvalue weighted by atomic mass is 16.6. The van der Waals surface area contributed by atoms with E-state index in [0.29, 0.717) is 13.0 Å². The van der Waals surface area contributed by atoms with Crippen molar-refractivity contribution in [3.8, 4) is 11.5 Å². The lowest BCUT2D eigenvalue weighted by Gasteiger charge is -2.10. The highest BCUT2D eigenvalue weighted by Gasteiger charge is 2.22. The number of aliphatic hydroxyl groups excluding tert-OH is 1. The summed E-state index contributed by atoms with van der Waals surface area (Å²) in [4.78, 5) is 5.41. The molecule has 0 saturated heterocycles. The molecular weight excluding hydrogens is 280 g/mol. The zero-order chi connectivity index (χ0) is 15.2. The van der Waals surface area contributed by atoms with Gasteiger partial charge < -0.3 is 20.0 Å². The molecule has 0 bridgehead atoms. The van der Waals surface area contributed by atoms with Gasteiger partial charge in [-0.3, -0.25) is 0 Å². The number of benzene rings is 2. The van der Waals surface area contributed by atoms with Crippen molar-refractivity contribution in [3.63, 3.8) is 0 Å². The van der Waals surface area contributed by atoms with Crippen molar-refractivity contribution in [1.29, 1.82) is 0 Å². The summed E-state index contributed by atoms with van der Waals surface area (Å²) in [7, 11) is 0. The van der Waals surface area contributed by atoms with E-state index in [0.717, 1.165) is 22.9 Å². The summed E-state index contributed by atoms with van der Waals surface area (Å²) in [6.45, 7) is 0.563. The van der Waals surface area contributed by atoms with Crippen molar-refractivity contribution in [3.05, 3.63) is 60.2 Å². The molecule has 5 nitrogen and oxygen atoms in total. The Balaban J connectivity index is 1.58. The van der Waals surface area contributed by atoms with Crippen LogP contribution in [0.5, 0.6) is 11.5 Å². The molecule has 1 heterocycles. The molecule has 1 aliphatic rings. The lowest BCUT2D eigenvalue weighted by molar-refractivity contribution is 0.0856. The first-order valence-corrected chi connectivity index (χ1v) is 7.25. The van der Waals surface area contributed by atoms with Crippen LogP contribution < -0.4 is 10.1 Å². The predicted octanol–water partition coefficient (Wildman–Crippen LogP) is 2.84. The Hall–Kier alpha value is -2.53. The minimum Gasteiger partial charge on any atom is -0.457 e. The van der Waals surface area contributed by atoms with Gasteiger partial charge in [0, 0.05) is 6.54 Å². The van der Waals surface area contributed by atoms with Gasteiger partial charge >= 0.3 is 0 Å². The van der Waals surface area contributed by atoms with Gasteiger partial charge in [0.2, 0.25) is 0 Å². The molecule has 5 heteroatoms. The maximum atomic E-state index is 8.79. The molecule has 0 unspecified atom stereocenters. The second-order valence-corrected chi connectivity index (χ2v) is 4.97. The summed E-state index contributed by atoms with van der Waals surface area (Å²) in [6.07, 6.45) is 0.589. The molecule has 0 amide bonds. The van der Waals surface area contributed by atoms with Crippen LogP contribution in [0.15, 0.2) is 59.8 Å². The topological polar surface area (TPSA) is 63.1 Å². The number of nitrogens with zero attached hydrogens (tertiary/aromatic N) is 1. The third kappa shape index (κ3) is 3.56. The van der Waals surface area contributed by atoms with Crippen molar-refractivity contribution >= 4 is 5.84 Å². The van der Waals surface area contributed by atoms with Gasteiger partial charge in [-0.15, -0.1) is 0 Å². The summed E-state index contributed by atoms with van der Waals surface area (Å²) >= 11 is 0. The summed E-state index contributed by atoms with van der Waals surface area (Å²) < 4.78 is 5.76. The number of oxime groups is 1. The Bertz CT molecular complexity index is 626. The lowest BCUT2D eigenvalue weighted by Crippen LogP contribution is -2.25. The number of nitrogens with one attached hydrogen (secondary N) is 1. The van der Waals surface area contributed by atoms with Gasteiger partial charge in [0.1, 0.15) is 17.3 Å². The van der Waals surface area contributed by atoms with Crippen LogP contribution in [-0.2, 0) is 4.84 Å². The van der Waals surface area contributed by atoms with Crippen LogP contribution >= 0.6 is 0 Å². The molecule has 1 atom stereocenters. The first-order chi connectivity index (χ1) is 10.8. The highest BCUT2D eigenvalue weighted by molar-refractivity contribution is 5.83. The Morgan fingerprint density at radius 1 is 1.09 bits per heavy atom. The number of amidine groups is 1. The Kier molecular flexibility index (Phi) is 4.56. The van der Waals surface area contributed by atoms with E-state index in [1.165, 1.54) is 0 Å². The number of ether oxygens (including phenoxy) is 1. The molecule has 0 radical (unpaired) electrons. The van der Waals surface area contributed by atoms with Crippen LogP contribution in [0.2, 0.25) is 0 Å². The molecule has 0 aromatic heterocycles. The Morgan fingerprint density at radius 3 is 2.55 bits per heavy atom. The molecule has 22 heavy (non-hydrogen) atoms. The number of para-hydroxylation sites is 1. The van der Waals surface area contributed by atoms with Crippen LogP contribution in [0.3, 0.4) is 0 Å². The van der Waals surface area contributed by atoms with Gasteiger partial charge in [-0.05, 0) is 29.8 Å². The minimum atomic E-state index is -0.0908. The van der Waals surface area contributed by atoms with Crippen molar-refractivity contribution in [2.45, 2.75) is 12.5 Å². The smallest absolute Gasteiger partial charge is 0.159 e. The van der Waals surface area contributed by atoms with E-state index in [4.69, 9.17) is 14.7 Å². The van der Waals surface area contributed by atoms with E-state index in [2.05, 4.69) is 10.5 Å². The first-order valence-electron chi connectivity index (χ1n) is 7.25. The second kappa shape index (κ2) is 6.95. The normalized spacial score (nSPS) is 16.8. The summed E-state index contributed by atoms with van der Waals surface area (Å²) in [5, 5.41) is 15.8. The maximum absolute atomic E-state index is 8.79. The fourth-order valence-electron chi connectivity index (χ4n) is 2.24. The number of aliphatic hydroxyl groups is 1. The van der Waals surface area contributed by atoms with Gasteiger partial charge in [0.05, 0.1) is 13.0 Å². The molecule has 3 rings (SSSR count). The zero-order valence-electron chi connectivity index (χ0n) is 12.1. The fourth-order valence-corrected chi connectivity index (χ4v) is 2.24. The summed E-state index contributed by atoms with van der Waals surface area (Å²) in [6, 6.07) is 17.5. The highest BCUT2D eigenvalue weighted by Crippen LogP contribution is 2.29. The van der Waals surface area contributed by atoms with Gasteiger partial charge in [0.25, 0.3) is 0 Å². The van der Waals surface area contributed by atoms with Crippen molar-refractivity contribution in [2.75, 3.05) is 13.2 Å². The Morgan fingerprint density at radius 2 is 1.82 bits per heavy atom. The average molecular weight is 298 g/mol. The van der Waals surface area contributed by atoms with Crippen LogP contribution in [0.4, 0.5) is 0 Å². The third-order valence-electron chi connectivity index (χ3n) is 3.34. The molecule has 114 valence electrons.